The van der Waals surface area contributed by atoms with E-state index in [0.717, 1.165) is 5.56 Å². The van der Waals surface area contributed by atoms with Gasteiger partial charge in [0.25, 0.3) is 0 Å². The lowest BCUT2D eigenvalue weighted by molar-refractivity contribution is -0.158. The third-order valence-electron chi connectivity index (χ3n) is 5.04. The summed E-state index contributed by atoms with van der Waals surface area (Å²) in [6, 6.07) is 9.99. The van der Waals surface area contributed by atoms with Crippen molar-refractivity contribution in [3.05, 3.63) is 47.7 Å². The lowest BCUT2D eigenvalue weighted by Gasteiger charge is -2.58. The normalized spacial score (nSPS) is 36.0. The number of ketones is 2. The van der Waals surface area contributed by atoms with E-state index in [1.807, 2.05) is 44.2 Å². The molecule has 0 radical (unpaired) electrons. The fourth-order valence-electron chi connectivity index (χ4n) is 4.15. The molecule has 0 N–H and O–H groups in total. The second-order valence-electron chi connectivity index (χ2n) is 5.95. The maximum absolute atomic E-state index is 12.5. The zero-order chi connectivity index (χ0) is 14.5. The minimum Gasteiger partial charge on any atom is -0.493 e. The van der Waals surface area contributed by atoms with Gasteiger partial charge < -0.3 is 4.74 Å². The van der Waals surface area contributed by atoms with Crippen LogP contribution in [0.5, 0.6) is 0 Å². The van der Waals surface area contributed by atoms with Crippen molar-refractivity contribution in [3.8, 4) is 0 Å². The van der Waals surface area contributed by atoms with Crippen LogP contribution in [0.1, 0.15) is 25.3 Å². The summed E-state index contributed by atoms with van der Waals surface area (Å²) >= 11 is 0. The summed E-state index contributed by atoms with van der Waals surface area (Å²) in [5.74, 6) is 0.161. The summed E-state index contributed by atoms with van der Waals surface area (Å²) in [7, 11) is 1.44. The third-order valence-corrected chi connectivity index (χ3v) is 5.04. The van der Waals surface area contributed by atoms with E-state index in [1.54, 1.807) is 0 Å². The monoisotopic (exact) mass is 270 g/mol. The van der Waals surface area contributed by atoms with Crippen LogP contribution in [0.2, 0.25) is 0 Å². The number of benzene rings is 1. The number of fused-ring (bicyclic) bond motifs is 1. The van der Waals surface area contributed by atoms with Crippen molar-refractivity contribution in [2.24, 2.45) is 17.3 Å². The summed E-state index contributed by atoms with van der Waals surface area (Å²) in [6.45, 7) is 3.96. The first kappa shape index (κ1) is 13.1. The van der Waals surface area contributed by atoms with Crippen molar-refractivity contribution in [1.29, 1.82) is 0 Å². The molecule has 104 valence electrons. The van der Waals surface area contributed by atoms with Gasteiger partial charge in [-0.15, -0.1) is 0 Å². The summed E-state index contributed by atoms with van der Waals surface area (Å²) < 4.78 is 5.05. The molecule has 20 heavy (non-hydrogen) atoms. The van der Waals surface area contributed by atoms with Crippen molar-refractivity contribution in [3.63, 3.8) is 0 Å². The predicted molar refractivity (Wildman–Crippen MR) is 75.1 cm³/mol. The van der Waals surface area contributed by atoms with Crippen molar-refractivity contribution in [2.45, 2.75) is 19.8 Å². The second kappa shape index (κ2) is 4.30. The Morgan fingerprint density at radius 3 is 2.35 bits per heavy atom. The minimum absolute atomic E-state index is 0.00547. The maximum Gasteiger partial charge on any atom is 0.201 e. The first-order valence-electron chi connectivity index (χ1n) is 6.91. The van der Waals surface area contributed by atoms with E-state index in [2.05, 4.69) is 0 Å². The van der Waals surface area contributed by atoms with Gasteiger partial charge in [0, 0.05) is 23.3 Å². The molecule has 0 heterocycles. The number of rotatable bonds is 2. The predicted octanol–water partition coefficient (Wildman–Crippen LogP) is 2.72. The molecule has 2 aliphatic rings. The van der Waals surface area contributed by atoms with Crippen LogP contribution in [0.4, 0.5) is 0 Å². The maximum atomic E-state index is 12.5. The molecule has 3 heteroatoms. The lowest BCUT2D eigenvalue weighted by atomic mass is 9.42. The van der Waals surface area contributed by atoms with E-state index in [1.165, 1.54) is 13.2 Å². The molecule has 0 saturated heterocycles. The summed E-state index contributed by atoms with van der Waals surface area (Å²) in [4.78, 5) is 24.9. The van der Waals surface area contributed by atoms with Gasteiger partial charge in [0.05, 0.1) is 7.11 Å². The lowest BCUT2D eigenvalue weighted by Crippen LogP contribution is -2.61. The molecule has 0 spiro atoms. The fraction of sp³-hybridized carbons (Fsp3) is 0.412. The van der Waals surface area contributed by atoms with E-state index >= 15 is 0 Å². The number of carbonyl (C=O) groups is 2. The first-order valence-corrected chi connectivity index (χ1v) is 6.91. The van der Waals surface area contributed by atoms with Gasteiger partial charge in [-0.1, -0.05) is 44.2 Å². The van der Waals surface area contributed by atoms with E-state index < -0.39 is 5.41 Å². The number of hydrogen-bond donors (Lipinski definition) is 0. The van der Waals surface area contributed by atoms with Gasteiger partial charge in [-0.25, -0.2) is 0 Å². The van der Waals surface area contributed by atoms with Gasteiger partial charge in [0.15, 0.2) is 11.5 Å². The Balaban J connectivity index is 2.06. The number of allylic oxidation sites excluding steroid dienone is 2. The molecule has 1 aromatic carbocycles. The van der Waals surface area contributed by atoms with Crippen LogP contribution in [0.25, 0.3) is 0 Å². The van der Waals surface area contributed by atoms with Gasteiger partial charge in [0.1, 0.15) is 0 Å². The Hall–Kier alpha value is -1.90. The summed E-state index contributed by atoms with van der Waals surface area (Å²) in [6.07, 6.45) is 1.38. The standard InChI is InChI=1S/C17H18O3/c1-10-14(11-7-5-4-6-8-11)17(2)13(18)9-12(20-3)16(19)15(10)17/h4-10,14-15H,1-3H3/t10?,14-,15-,17-/m0/s1. The second-order valence-corrected chi connectivity index (χ2v) is 5.95. The van der Waals surface area contributed by atoms with Gasteiger partial charge in [-0.3, -0.25) is 9.59 Å². The van der Waals surface area contributed by atoms with Gasteiger partial charge in [-0.2, -0.15) is 0 Å². The highest BCUT2D eigenvalue weighted by Gasteiger charge is 2.65. The molecule has 1 saturated carbocycles. The van der Waals surface area contributed by atoms with Crippen LogP contribution in [0.3, 0.4) is 0 Å². The highest BCUT2D eigenvalue weighted by atomic mass is 16.5. The fourth-order valence-corrected chi connectivity index (χ4v) is 4.15. The molecule has 4 atom stereocenters. The molecular weight excluding hydrogens is 252 g/mol. The van der Waals surface area contributed by atoms with Gasteiger partial charge in [0.2, 0.25) is 5.78 Å². The number of Topliss-reactive ketones (excluding diaryl/α,β-unsaturated/α-hetero) is 1. The summed E-state index contributed by atoms with van der Waals surface area (Å²) in [5, 5.41) is 0. The van der Waals surface area contributed by atoms with Gasteiger partial charge in [-0.05, 0) is 11.5 Å². The Bertz CT molecular complexity index is 602. The quantitative estimate of drug-likeness (QED) is 0.830. The smallest absolute Gasteiger partial charge is 0.201 e. The Morgan fingerprint density at radius 1 is 1.10 bits per heavy atom. The highest BCUT2D eigenvalue weighted by molar-refractivity contribution is 6.13. The Morgan fingerprint density at radius 2 is 1.75 bits per heavy atom. The molecule has 0 amide bonds. The number of methoxy groups -OCH3 is 1. The number of carbonyl (C=O) groups excluding carboxylic acids is 2. The van der Waals surface area contributed by atoms with E-state index in [9.17, 15) is 9.59 Å². The Labute approximate surface area is 118 Å². The van der Waals surface area contributed by atoms with Crippen LogP contribution in [-0.4, -0.2) is 18.7 Å². The zero-order valence-electron chi connectivity index (χ0n) is 11.9. The van der Waals surface area contributed by atoms with Crippen molar-refractivity contribution >= 4 is 11.6 Å². The van der Waals surface area contributed by atoms with Gasteiger partial charge >= 0.3 is 0 Å². The molecule has 2 aliphatic carbocycles. The van der Waals surface area contributed by atoms with Crippen LogP contribution in [0, 0.1) is 17.3 Å². The number of ether oxygens (including phenoxy) is 1. The van der Waals surface area contributed by atoms with E-state index in [4.69, 9.17) is 4.74 Å². The molecular formula is C17H18O3. The third kappa shape index (κ3) is 1.46. The molecule has 3 rings (SSSR count). The average Bonchev–Trinajstić information content (AvgIpc) is 2.44. The first-order chi connectivity index (χ1) is 9.51. The Kier molecular flexibility index (Phi) is 2.82. The molecule has 0 aromatic heterocycles. The molecule has 0 aliphatic heterocycles. The molecule has 1 fully saturated rings. The molecule has 3 nitrogen and oxygen atoms in total. The molecule has 1 unspecified atom stereocenters. The highest BCUT2D eigenvalue weighted by Crippen LogP contribution is 2.63. The van der Waals surface area contributed by atoms with E-state index in [0.29, 0.717) is 0 Å². The van der Waals surface area contributed by atoms with Crippen LogP contribution in [0.15, 0.2) is 42.2 Å². The van der Waals surface area contributed by atoms with Crippen molar-refractivity contribution in [1.82, 2.24) is 0 Å². The average molecular weight is 270 g/mol. The van der Waals surface area contributed by atoms with Crippen molar-refractivity contribution < 1.29 is 14.3 Å². The van der Waals surface area contributed by atoms with Crippen LogP contribution >= 0.6 is 0 Å². The van der Waals surface area contributed by atoms with E-state index in [-0.39, 0.29) is 35.1 Å². The zero-order valence-corrected chi connectivity index (χ0v) is 11.9. The molecule has 1 aromatic rings. The largest absolute Gasteiger partial charge is 0.493 e. The van der Waals surface area contributed by atoms with Crippen molar-refractivity contribution in [2.75, 3.05) is 7.11 Å². The van der Waals surface area contributed by atoms with Crippen LogP contribution in [-0.2, 0) is 14.3 Å². The number of hydrogen-bond acceptors (Lipinski definition) is 3. The minimum atomic E-state index is -0.625. The van der Waals surface area contributed by atoms with Crippen LogP contribution < -0.4 is 0 Å². The molecule has 0 bridgehead atoms. The SMILES string of the molecule is COC1=CC(=O)[C@]2(C)[C@H](C1=O)C(C)[C@H]2c1ccccc1. The summed E-state index contributed by atoms with van der Waals surface area (Å²) in [5.41, 5.74) is 0.508. The topological polar surface area (TPSA) is 43.4 Å².